The Kier molecular flexibility index (Phi) is 4.24. The number of para-hydroxylation sites is 1. The fraction of sp³-hybridized carbons (Fsp3) is 0.0769. The van der Waals surface area contributed by atoms with Crippen molar-refractivity contribution < 1.29 is 9.85 Å². The highest BCUT2D eigenvalue weighted by Crippen LogP contribution is 2.21. The molecule has 0 atom stereocenters. The first-order chi connectivity index (χ1) is 10.5. The molecule has 1 heterocycles. The quantitative estimate of drug-likeness (QED) is 0.661. The topological polar surface area (TPSA) is 135 Å². The number of anilines is 1. The van der Waals surface area contributed by atoms with Gasteiger partial charge in [0, 0.05) is 24.2 Å². The summed E-state index contributed by atoms with van der Waals surface area (Å²) in [6.07, 6.45) is 0. The molecule has 0 radical (unpaired) electrons. The number of nitro benzene ring substituents is 1. The lowest BCUT2D eigenvalue weighted by Gasteiger charge is -2.06. The first-order valence-corrected chi connectivity index (χ1v) is 6.04. The molecule has 0 amide bonds. The molecule has 0 aliphatic rings. The Morgan fingerprint density at radius 2 is 1.77 bits per heavy atom. The van der Waals surface area contributed by atoms with Crippen LogP contribution < -0.4 is 5.32 Å². The van der Waals surface area contributed by atoms with Crippen molar-refractivity contribution in [3.05, 3.63) is 67.9 Å². The van der Waals surface area contributed by atoms with Crippen LogP contribution in [-0.4, -0.2) is 14.8 Å². The number of nitrogens with one attached hydrogen (secondary N) is 1. The van der Waals surface area contributed by atoms with Crippen LogP contribution in [0.4, 0.5) is 17.2 Å². The highest BCUT2D eigenvalue weighted by Gasteiger charge is 2.16. The van der Waals surface area contributed by atoms with Gasteiger partial charge in [0.25, 0.3) is 5.69 Å². The van der Waals surface area contributed by atoms with E-state index in [0.717, 1.165) is 6.07 Å². The van der Waals surface area contributed by atoms with E-state index in [0.29, 0.717) is 5.56 Å². The molecule has 0 saturated carbocycles. The van der Waals surface area contributed by atoms with Crippen LogP contribution in [0, 0.1) is 31.6 Å². The molecule has 9 heteroatoms. The van der Waals surface area contributed by atoms with Crippen LogP contribution in [0.25, 0.3) is 0 Å². The second-order valence-electron chi connectivity index (χ2n) is 4.17. The molecule has 0 aliphatic heterocycles. The predicted octanol–water partition coefficient (Wildman–Crippen LogP) is 2.38. The van der Waals surface area contributed by atoms with Crippen molar-refractivity contribution in [1.82, 2.24) is 4.98 Å². The minimum atomic E-state index is -0.697. The number of nitrogens with zero attached hydrogens (tertiary/aromatic N) is 4. The van der Waals surface area contributed by atoms with Crippen LogP contribution in [0.5, 0.6) is 0 Å². The summed E-state index contributed by atoms with van der Waals surface area (Å²) in [5, 5.41) is 33.3. The van der Waals surface area contributed by atoms with Gasteiger partial charge < -0.3 is 5.32 Å². The van der Waals surface area contributed by atoms with Gasteiger partial charge in [0.15, 0.2) is 0 Å². The maximum absolute atomic E-state index is 10.9. The van der Waals surface area contributed by atoms with Crippen LogP contribution in [-0.2, 0) is 6.54 Å². The number of hydrogen-bond acceptors (Lipinski definition) is 7. The number of nitriles is 1. The zero-order valence-corrected chi connectivity index (χ0v) is 11.1. The average Bonchev–Trinajstić information content (AvgIpc) is 2.52. The van der Waals surface area contributed by atoms with Crippen LogP contribution in [0.15, 0.2) is 36.4 Å². The lowest BCUT2D eigenvalue weighted by molar-refractivity contribution is -0.385. The van der Waals surface area contributed by atoms with Gasteiger partial charge in [-0.25, -0.2) is 4.98 Å². The van der Waals surface area contributed by atoms with Crippen molar-refractivity contribution in [2.24, 2.45) is 0 Å². The SMILES string of the molecule is N#Cc1nc(NCc2ccccc2[N+](=O)[O-])ccc1[N+](=O)[O-]. The Labute approximate surface area is 124 Å². The summed E-state index contributed by atoms with van der Waals surface area (Å²) in [6, 6.07) is 10.3. The molecule has 1 aromatic heterocycles. The molecule has 0 fully saturated rings. The van der Waals surface area contributed by atoms with E-state index in [4.69, 9.17) is 5.26 Å². The molecule has 22 heavy (non-hydrogen) atoms. The van der Waals surface area contributed by atoms with Crippen molar-refractivity contribution in [3.8, 4) is 6.07 Å². The maximum Gasteiger partial charge on any atom is 0.305 e. The fourth-order valence-corrected chi connectivity index (χ4v) is 1.80. The van der Waals surface area contributed by atoms with E-state index in [1.165, 1.54) is 12.1 Å². The van der Waals surface area contributed by atoms with Crippen LogP contribution >= 0.6 is 0 Å². The van der Waals surface area contributed by atoms with E-state index in [-0.39, 0.29) is 23.7 Å². The molecule has 0 unspecified atom stereocenters. The summed E-state index contributed by atoms with van der Waals surface area (Å²) in [6.45, 7) is 0.104. The minimum Gasteiger partial charge on any atom is -0.366 e. The van der Waals surface area contributed by atoms with Crippen molar-refractivity contribution in [2.75, 3.05) is 5.32 Å². The van der Waals surface area contributed by atoms with Crippen molar-refractivity contribution in [2.45, 2.75) is 6.54 Å². The smallest absolute Gasteiger partial charge is 0.305 e. The van der Waals surface area contributed by atoms with Gasteiger partial charge in [-0.1, -0.05) is 18.2 Å². The summed E-state index contributed by atoms with van der Waals surface area (Å²) in [5.74, 6) is 0.223. The third-order valence-electron chi connectivity index (χ3n) is 2.82. The van der Waals surface area contributed by atoms with Gasteiger partial charge in [-0.15, -0.1) is 0 Å². The molecule has 0 aliphatic carbocycles. The lowest BCUT2D eigenvalue weighted by atomic mass is 10.2. The first-order valence-electron chi connectivity index (χ1n) is 6.04. The van der Waals surface area contributed by atoms with E-state index in [1.54, 1.807) is 24.3 Å². The lowest BCUT2D eigenvalue weighted by Crippen LogP contribution is -2.05. The molecule has 0 saturated heterocycles. The predicted molar refractivity (Wildman–Crippen MR) is 76.0 cm³/mol. The summed E-state index contributed by atoms with van der Waals surface area (Å²) >= 11 is 0. The number of benzene rings is 1. The van der Waals surface area contributed by atoms with Crippen LogP contribution in [0.2, 0.25) is 0 Å². The van der Waals surface area contributed by atoms with Gasteiger partial charge in [-0.3, -0.25) is 20.2 Å². The van der Waals surface area contributed by atoms with Gasteiger partial charge >= 0.3 is 5.69 Å². The van der Waals surface area contributed by atoms with Gasteiger partial charge in [-0.05, 0) is 6.07 Å². The molecular formula is C13H9N5O4. The van der Waals surface area contributed by atoms with Crippen molar-refractivity contribution >= 4 is 17.2 Å². The monoisotopic (exact) mass is 299 g/mol. The molecule has 2 rings (SSSR count). The van der Waals surface area contributed by atoms with Gasteiger partial charge in [0.2, 0.25) is 5.69 Å². The number of pyridine rings is 1. The number of nitro groups is 2. The Morgan fingerprint density at radius 3 is 2.41 bits per heavy atom. The molecule has 0 bridgehead atoms. The number of hydrogen-bond donors (Lipinski definition) is 1. The highest BCUT2D eigenvalue weighted by molar-refractivity contribution is 5.51. The van der Waals surface area contributed by atoms with Gasteiger partial charge in [0.1, 0.15) is 11.9 Å². The third-order valence-corrected chi connectivity index (χ3v) is 2.82. The molecule has 1 aromatic carbocycles. The third kappa shape index (κ3) is 3.13. The maximum atomic E-state index is 10.9. The standard InChI is InChI=1S/C13H9N5O4/c14-7-10-12(18(21)22)5-6-13(16-10)15-8-9-3-1-2-4-11(9)17(19)20/h1-6H,8H2,(H,15,16). The van der Waals surface area contributed by atoms with Gasteiger partial charge in [0.05, 0.1) is 9.85 Å². The first kappa shape index (κ1) is 14.9. The highest BCUT2D eigenvalue weighted by atomic mass is 16.6. The zero-order valence-electron chi connectivity index (χ0n) is 11.1. The normalized spacial score (nSPS) is 9.77. The number of rotatable bonds is 5. The van der Waals surface area contributed by atoms with E-state index >= 15 is 0 Å². The Bertz CT molecular complexity index is 784. The average molecular weight is 299 g/mol. The second kappa shape index (κ2) is 6.27. The zero-order chi connectivity index (χ0) is 16.1. The summed E-state index contributed by atoms with van der Waals surface area (Å²) in [5.41, 5.74) is -0.320. The van der Waals surface area contributed by atoms with E-state index < -0.39 is 15.5 Å². The van der Waals surface area contributed by atoms with Crippen LogP contribution in [0.3, 0.4) is 0 Å². The van der Waals surface area contributed by atoms with E-state index in [1.807, 2.05) is 0 Å². The number of aromatic nitrogens is 1. The molecule has 0 spiro atoms. The molecule has 2 aromatic rings. The van der Waals surface area contributed by atoms with E-state index in [2.05, 4.69) is 10.3 Å². The molecular weight excluding hydrogens is 290 g/mol. The second-order valence-corrected chi connectivity index (χ2v) is 4.17. The minimum absolute atomic E-state index is 0.0441. The van der Waals surface area contributed by atoms with E-state index in [9.17, 15) is 20.2 Å². The Hall–Kier alpha value is -3.54. The summed E-state index contributed by atoms with van der Waals surface area (Å²) in [7, 11) is 0. The van der Waals surface area contributed by atoms with Crippen LogP contribution in [0.1, 0.15) is 11.3 Å². The Morgan fingerprint density at radius 1 is 1.09 bits per heavy atom. The summed E-state index contributed by atoms with van der Waals surface area (Å²) in [4.78, 5) is 24.2. The Balaban J connectivity index is 2.21. The fourth-order valence-electron chi connectivity index (χ4n) is 1.80. The van der Waals surface area contributed by atoms with Crippen molar-refractivity contribution in [3.63, 3.8) is 0 Å². The van der Waals surface area contributed by atoms with Gasteiger partial charge in [-0.2, -0.15) is 5.26 Å². The largest absolute Gasteiger partial charge is 0.366 e. The molecule has 110 valence electrons. The molecule has 1 N–H and O–H groups in total. The molecule has 9 nitrogen and oxygen atoms in total. The van der Waals surface area contributed by atoms with Crippen molar-refractivity contribution in [1.29, 1.82) is 5.26 Å². The summed E-state index contributed by atoms with van der Waals surface area (Å²) < 4.78 is 0.